The Hall–Kier alpha value is -3.22. The van der Waals surface area contributed by atoms with Crippen LogP contribution in [0.4, 0.5) is 0 Å². The van der Waals surface area contributed by atoms with Gasteiger partial charge in [-0.15, -0.1) is 0 Å². The van der Waals surface area contributed by atoms with E-state index < -0.39 is 0 Å². The van der Waals surface area contributed by atoms with Crippen molar-refractivity contribution in [2.24, 2.45) is 5.10 Å². The minimum absolute atomic E-state index is 0.369. The van der Waals surface area contributed by atoms with Crippen molar-refractivity contribution in [1.82, 2.24) is 5.43 Å². The molecule has 0 heterocycles. The summed E-state index contributed by atoms with van der Waals surface area (Å²) in [6.45, 7) is 11.3. The molecule has 30 heavy (non-hydrogen) atoms. The highest BCUT2D eigenvalue weighted by Gasteiger charge is 2.18. The van der Waals surface area contributed by atoms with Crippen molar-refractivity contribution in [2.75, 3.05) is 26.4 Å². The van der Waals surface area contributed by atoms with E-state index in [-0.39, 0.29) is 5.91 Å². The van der Waals surface area contributed by atoms with Gasteiger partial charge in [0.15, 0.2) is 11.5 Å². The molecule has 1 N–H and O–H groups in total. The number of hydrazone groups is 1. The van der Waals surface area contributed by atoms with Crippen LogP contribution < -0.4 is 24.4 Å². The quantitative estimate of drug-likeness (QED) is 0.435. The molecule has 0 bridgehead atoms. The first-order chi connectivity index (χ1) is 14.5. The summed E-state index contributed by atoms with van der Waals surface area (Å²) in [6, 6.07) is 10.8. The lowest BCUT2D eigenvalue weighted by molar-refractivity contribution is 0.0953. The summed E-state index contributed by atoms with van der Waals surface area (Å²) in [5, 5.41) is 4.22. The van der Waals surface area contributed by atoms with Gasteiger partial charge in [0.25, 0.3) is 5.91 Å². The van der Waals surface area contributed by atoms with Gasteiger partial charge in [-0.2, -0.15) is 5.10 Å². The van der Waals surface area contributed by atoms with Gasteiger partial charge in [-0.25, -0.2) is 5.43 Å². The number of hydrogen-bond acceptors (Lipinski definition) is 6. The van der Waals surface area contributed by atoms with Crippen molar-refractivity contribution in [3.8, 4) is 23.0 Å². The average Bonchev–Trinajstić information content (AvgIpc) is 2.75. The zero-order valence-corrected chi connectivity index (χ0v) is 18.3. The van der Waals surface area contributed by atoms with Crippen LogP contribution in [0.25, 0.3) is 0 Å². The zero-order chi connectivity index (χ0) is 21.9. The number of benzene rings is 2. The molecule has 0 aromatic heterocycles. The molecule has 7 nitrogen and oxygen atoms in total. The summed E-state index contributed by atoms with van der Waals surface area (Å²) in [5.74, 6) is 1.83. The monoisotopic (exact) mass is 414 g/mol. The lowest BCUT2D eigenvalue weighted by Gasteiger charge is -2.16. The molecule has 0 spiro atoms. The van der Waals surface area contributed by atoms with Crippen molar-refractivity contribution >= 4 is 11.6 Å². The van der Waals surface area contributed by atoms with Gasteiger partial charge < -0.3 is 18.9 Å². The summed E-state index contributed by atoms with van der Waals surface area (Å²) >= 11 is 0. The predicted molar refractivity (Wildman–Crippen MR) is 117 cm³/mol. The molecule has 2 aromatic rings. The molecule has 1 amide bonds. The second kappa shape index (κ2) is 11.7. The maximum absolute atomic E-state index is 12.7. The summed E-state index contributed by atoms with van der Waals surface area (Å²) in [5.41, 5.74) is 4.52. The van der Waals surface area contributed by atoms with E-state index >= 15 is 0 Å². The van der Waals surface area contributed by atoms with Crippen molar-refractivity contribution in [2.45, 2.75) is 34.6 Å². The summed E-state index contributed by atoms with van der Waals surface area (Å²) in [7, 11) is 0. The van der Waals surface area contributed by atoms with Crippen LogP contribution in [0.3, 0.4) is 0 Å². The lowest BCUT2D eigenvalue weighted by Crippen LogP contribution is -2.20. The molecule has 0 atom stereocenters. The largest absolute Gasteiger partial charge is 0.494 e. The fourth-order valence-corrected chi connectivity index (χ4v) is 2.74. The van der Waals surface area contributed by atoms with Gasteiger partial charge in [-0.1, -0.05) is 0 Å². The van der Waals surface area contributed by atoms with E-state index in [1.807, 2.05) is 58.9 Å². The Kier molecular flexibility index (Phi) is 9.00. The van der Waals surface area contributed by atoms with Crippen LogP contribution in [-0.2, 0) is 0 Å². The fraction of sp³-hybridized carbons (Fsp3) is 0.391. The molecular weight excluding hydrogens is 384 g/mol. The number of carbonyl (C=O) groups is 1. The highest BCUT2D eigenvalue weighted by atomic mass is 16.5. The standard InChI is InChI=1S/C23H30N2O5/c1-6-27-19-12-10-17(11-13-19)16(5)24-25-23(26)18-14-20(28-7-2)22(30-9-4)21(15-18)29-8-3/h10-15H,6-9H2,1-5H3,(H,25,26)/b24-16+. The molecule has 0 saturated heterocycles. The summed E-state index contributed by atoms with van der Waals surface area (Å²) in [4.78, 5) is 12.7. The molecule has 7 heteroatoms. The molecule has 162 valence electrons. The molecule has 0 aliphatic heterocycles. The fourth-order valence-electron chi connectivity index (χ4n) is 2.74. The van der Waals surface area contributed by atoms with E-state index in [1.54, 1.807) is 12.1 Å². The molecule has 0 fully saturated rings. The number of ether oxygens (including phenoxy) is 4. The Bertz CT molecular complexity index is 835. The van der Waals surface area contributed by atoms with Gasteiger partial charge in [-0.05, 0) is 76.6 Å². The van der Waals surface area contributed by atoms with Gasteiger partial charge in [0, 0.05) is 5.56 Å². The van der Waals surface area contributed by atoms with E-state index in [0.29, 0.717) is 55.0 Å². The maximum atomic E-state index is 12.7. The first kappa shape index (κ1) is 23.1. The van der Waals surface area contributed by atoms with Crippen molar-refractivity contribution in [1.29, 1.82) is 0 Å². The number of amides is 1. The van der Waals surface area contributed by atoms with Crippen LogP contribution in [0.15, 0.2) is 41.5 Å². The SMILES string of the molecule is CCOc1ccc(/C(C)=N/NC(=O)c2cc(OCC)c(OCC)c(OCC)c2)cc1. The van der Waals surface area contributed by atoms with Crippen LogP contribution in [0.2, 0.25) is 0 Å². The Balaban J connectivity index is 2.23. The average molecular weight is 415 g/mol. The van der Waals surface area contributed by atoms with Gasteiger partial charge in [0.2, 0.25) is 5.75 Å². The molecule has 0 radical (unpaired) electrons. The van der Waals surface area contributed by atoms with Crippen molar-refractivity contribution < 1.29 is 23.7 Å². The van der Waals surface area contributed by atoms with Crippen LogP contribution in [0.1, 0.15) is 50.5 Å². The molecule has 0 aliphatic carbocycles. The maximum Gasteiger partial charge on any atom is 0.271 e. The molecular formula is C23H30N2O5. The summed E-state index contributed by atoms with van der Waals surface area (Å²) < 4.78 is 22.4. The van der Waals surface area contributed by atoms with Crippen LogP contribution >= 0.6 is 0 Å². The second-order valence-corrected chi connectivity index (χ2v) is 6.20. The van der Waals surface area contributed by atoms with E-state index in [1.165, 1.54) is 0 Å². The second-order valence-electron chi connectivity index (χ2n) is 6.20. The van der Waals surface area contributed by atoms with E-state index in [2.05, 4.69) is 10.5 Å². The van der Waals surface area contributed by atoms with Gasteiger partial charge in [-0.3, -0.25) is 4.79 Å². The first-order valence-corrected chi connectivity index (χ1v) is 10.2. The minimum Gasteiger partial charge on any atom is -0.494 e. The van der Waals surface area contributed by atoms with Crippen LogP contribution in [0.5, 0.6) is 23.0 Å². The predicted octanol–water partition coefficient (Wildman–Crippen LogP) is 4.44. The minimum atomic E-state index is -0.370. The van der Waals surface area contributed by atoms with Crippen LogP contribution in [0, 0.1) is 0 Å². The smallest absolute Gasteiger partial charge is 0.271 e. The number of nitrogens with one attached hydrogen (secondary N) is 1. The van der Waals surface area contributed by atoms with E-state index in [9.17, 15) is 4.79 Å². The lowest BCUT2D eigenvalue weighted by atomic mass is 10.1. The third kappa shape index (κ3) is 6.14. The molecule has 2 rings (SSSR count). The third-order valence-corrected chi connectivity index (χ3v) is 4.08. The first-order valence-electron chi connectivity index (χ1n) is 10.2. The Labute approximate surface area is 178 Å². The Morgan fingerprint density at radius 3 is 1.83 bits per heavy atom. The number of hydrogen-bond donors (Lipinski definition) is 1. The number of carbonyl (C=O) groups excluding carboxylic acids is 1. The van der Waals surface area contributed by atoms with Crippen molar-refractivity contribution in [3.05, 3.63) is 47.5 Å². The molecule has 0 unspecified atom stereocenters. The Morgan fingerprint density at radius 2 is 1.33 bits per heavy atom. The normalized spacial score (nSPS) is 11.0. The van der Waals surface area contributed by atoms with Gasteiger partial charge in [0.05, 0.1) is 32.1 Å². The topological polar surface area (TPSA) is 78.4 Å². The number of rotatable bonds is 11. The highest BCUT2D eigenvalue weighted by molar-refractivity contribution is 6.01. The van der Waals surface area contributed by atoms with E-state index in [4.69, 9.17) is 18.9 Å². The molecule has 0 aliphatic rings. The van der Waals surface area contributed by atoms with Gasteiger partial charge >= 0.3 is 0 Å². The molecule has 0 saturated carbocycles. The van der Waals surface area contributed by atoms with E-state index in [0.717, 1.165) is 11.3 Å². The number of nitrogens with zero attached hydrogens (tertiary/aromatic N) is 1. The van der Waals surface area contributed by atoms with Crippen LogP contribution in [-0.4, -0.2) is 38.0 Å². The highest BCUT2D eigenvalue weighted by Crippen LogP contribution is 2.39. The Morgan fingerprint density at radius 1 is 0.800 bits per heavy atom. The van der Waals surface area contributed by atoms with Gasteiger partial charge in [0.1, 0.15) is 5.75 Å². The van der Waals surface area contributed by atoms with Crippen molar-refractivity contribution in [3.63, 3.8) is 0 Å². The molecule has 2 aromatic carbocycles. The third-order valence-electron chi connectivity index (χ3n) is 4.08. The zero-order valence-electron chi connectivity index (χ0n) is 18.3. The summed E-state index contributed by atoms with van der Waals surface area (Å²) in [6.07, 6.45) is 0.